The van der Waals surface area contributed by atoms with Crippen molar-refractivity contribution in [1.29, 1.82) is 0 Å². The van der Waals surface area contributed by atoms with Gasteiger partial charge >= 0.3 is 78.4 Å². The molecule has 52 valence electrons. The second-order valence-electron chi connectivity index (χ2n) is 2.77. The predicted octanol–water partition coefficient (Wildman–Crippen LogP) is 3.13. The number of rotatable bonds is 6. The van der Waals surface area contributed by atoms with Crippen molar-refractivity contribution in [3.05, 3.63) is 0 Å². The Hall–Kier alpha value is 1.26. The van der Waals surface area contributed by atoms with E-state index in [-0.39, 0.29) is 33.8 Å². The summed E-state index contributed by atoms with van der Waals surface area (Å²) in [6, 6.07) is 0. The van der Waals surface area contributed by atoms with Crippen molar-refractivity contribution in [2.75, 3.05) is 0 Å². The maximum atomic E-state index is 2.29. The Bertz CT molecular complexity index is 37.8. The first-order chi connectivity index (χ1) is 4.41. The van der Waals surface area contributed by atoms with Gasteiger partial charge in [-0.1, -0.05) is 0 Å². The molecule has 0 aromatic rings. The third kappa shape index (κ3) is 9.26. The van der Waals surface area contributed by atoms with E-state index >= 15 is 0 Å². The van der Waals surface area contributed by atoms with E-state index in [2.05, 4.69) is 13.8 Å². The second kappa shape index (κ2) is 9.26. The predicted molar refractivity (Wildman–Crippen MR) is 45.2 cm³/mol. The first-order valence-electron chi connectivity index (χ1n) is 4.41. The van der Waals surface area contributed by atoms with Crippen LogP contribution in [0.3, 0.4) is 0 Å². The van der Waals surface area contributed by atoms with E-state index in [9.17, 15) is 0 Å². The molecule has 0 spiro atoms. The molecule has 0 bridgehead atoms. The molecule has 0 unspecified atom stereocenters. The van der Waals surface area contributed by atoms with E-state index in [1.165, 1.54) is 25.7 Å². The minimum atomic E-state index is 0.0146. The molecular weight excluding hydrogens is 136 g/mol. The number of unbranched alkanes of at least 4 members (excludes halogenated alkanes) is 2. The zero-order chi connectivity index (χ0) is 6.95. The second-order valence-corrected chi connectivity index (χ2v) is 6.08. The van der Waals surface area contributed by atoms with Crippen LogP contribution >= 0.6 is 0 Å². The molecule has 0 fully saturated rings. The van der Waals surface area contributed by atoms with Crippen molar-refractivity contribution >= 4 is 33.8 Å². The van der Waals surface area contributed by atoms with Gasteiger partial charge in [0.2, 0.25) is 0 Å². The molecule has 0 aliphatic heterocycles. The van der Waals surface area contributed by atoms with E-state index in [1.54, 1.807) is 5.04 Å². The van der Waals surface area contributed by atoms with Crippen LogP contribution in [-0.4, -0.2) is 33.8 Å². The third-order valence-corrected chi connectivity index (χ3v) is 4.83. The zero-order valence-electron chi connectivity index (χ0n) is 6.95. The van der Waals surface area contributed by atoms with Gasteiger partial charge in [-0.2, -0.15) is 0 Å². The number of hydrogen-bond donors (Lipinski definition) is 0. The Labute approximate surface area is 77.7 Å². The molecule has 0 nitrogen and oxygen atoms in total. The fourth-order valence-electron chi connectivity index (χ4n) is 1.03. The molecule has 0 atom stereocenters. The zero-order valence-corrected chi connectivity index (χ0v) is 9.16. The summed E-state index contributed by atoms with van der Waals surface area (Å²) >= 11 is 0.0146. The molecule has 0 aromatic heterocycles. The molecule has 0 aliphatic carbocycles. The molecule has 0 radical (unpaired) electrons. The van der Waals surface area contributed by atoms with E-state index in [0.717, 1.165) is 0 Å². The summed E-state index contributed by atoms with van der Waals surface area (Å²) in [6.07, 6.45) is 5.86. The summed E-state index contributed by atoms with van der Waals surface area (Å²) in [4.78, 5) is 0. The van der Waals surface area contributed by atoms with Crippen LogP contribution in [0.5, 0.6) is 0 Å². The van der Waals surface area contributed by atoms with Gasteiger partial charge in [0.25, 0.3) is 0 Å². The van der Waals surface area contributed by atoms with Crippen molar-refractivity contribution in [2.45, 2.75) is 44.6 Å². The van der Waals surface area contributed by atoms with Crippen LogP contribution in [0.15, 0.2) is 0 Å². The number of hydrogen-bond acceptors (Lipinski definition) is 0. The van der Waals surface area contributed by atoms with Crippen LogP contribution in [0.4, 0.5) is 0 Å². The molecule has 0 aliphatic rings. The SMILES string of the molecule is CCC[CH2][Ca][CH2]CCC. The third-order valence-electron chi connectivity index (χ3n) is 1.71. The van der Waals surface area contributed by atoms with Crippen molar-refractivity contribution in [3.8, 4) is 0 Å². The quantitative estimate of drug-likeness (QED) is 0.407. The van der Waals surface area contributed by atoms with Gasteiger partial charge in [0.1, 0.15) is 0 Å². The van der Waals surface area contributed by atoms with E-state index in [1.807, 2.05) is 0 Å². The van der Waals surface area contributed by atoms with E-state index < -0.39 is 0 Å². The van der Waals surface area contributed by atoms with Crippen molar-refractivity contribution < 1.29 is 0 Å². The van der Waals surface area contributed by atoms with Gasteiger partial charge in [-0.25, -0.2) is 0 Å². The average Bonchev–Trinajstić information content (AvgIpc) is 1.89. The summed E-state index contributed by atoms with van der Waals surface area (Å²) in [5, 5.41) is 0. The first-order valence-corrected chi connectivity index (χ1v) is 7.54. The van der Waals surface area contributed by atoms with Gasteiger partial charge in [0.15, 0.2) is 0 Å². The van der Waals surface area contributed by atoms with Gasteiger partial charge in [-0.05, 0) is 0 Å². The molecule has 9 heavy (non-hydrogen) atoms. The van der Waals surface area contributed by atoms with Crippen LogP contribution in [0.25, 0.3) is 0 Å². The Kier molecular flexibility index (Phi) is 10.6. The Morgan fingerprint density at radius 1 is 0.889 bits per heavy atom. The standard InChI is InChI=1S/2C4H9.Ca/c2*1-3-4-2;/h2*1,3-4H2,2H3;. The Morgan fingerprint density at radius 2 is 1.33 bits per heavy atom. The van der Waals surface area contributed by atoms with Crippen LogP contribution in [0.1, 0.15) is 39.5 Å². The van der Waals surface area contributed by atoms with Gasteiger partial charge in [0, 0.05) is 0 Å². The van der Waals surface area contributed by atoms with Crippen LogP contribution in [-0.2, 0) is 0 Å². The summed E-state index contributed by atoms with van der Waals surface area (Å²) in [5.74, 6) is 0. The molecule has 0 aromatic carbocycles. The van der Waals surface area contributed by atoms with Crippen LogP contribution < -0.4 is 0 Å². The summed E-state index contributed by atoms with van der Waals surface area (Å²) in [5.41, 5.74) is 0. The van der Waals surface area contributed by atoms with E-state index in [4.69, 9.17) is 0 Å². The monoisotopic (exact) mass is 154 g/mol. The summed E-state index contributed by atoms with van der Waals surface area (Å²) in [7, 11) is 0. The molecule has 0 N–H and O–H groups in total. The fraction of sp³-hybridized carbons (Fsp3) is 1.00. The molecule has 1 heteroatoms. The molecule has 0 heterocycles. The van der Waals surface area contributed by atoms with Crippen molar-refractivity contribution in [1.82, 2.24) is 0 Å². The molecule has 0 saturated carbocycles. The first kappa shape index (κ1) is 10.3. The molecular formula is C8H18Ca. The molecule has 0 rings (SSSR count). The topological polar surface area (TPSA) is 0 Å². The minimum absolute atomic E-state index is 0.0146. The molecule has 0 amide bonds. The van der Waals surface area contributed by atoms with Crippen LogP contribution in [0.2, 0.25) is 5.04 Å². The van der Waals surface area contributed by atoms with Gasteiger partial charge in [0.05, 0.1) is 0 Å². The fourth-order valence-corrected chi connectivity index (χ4v) is 4.25. The van der Waals surface area contributed by atoms with Gasteiger partial charge in [-0.3, -0.25) is 0 Å². The van der Waals surface area contributed by atoms with Gasteiger partial charge in [-0.15, -0.1) is 0 Å². The van der Waals surface area contributed by atoms with Crippen molar-refractivity contribution in [2.24, 2.45) is 0 Å². The Morgan fingerprint density at radius 3 is 1.67 bits per heavy atom. The van der Waals surface area contributed by atoms with Crippen molar-refractivity contribution in [3.63, 3.8) is 0 Å². The normalized spacial score (nSPS) is 9.11. The average molecular weight is 154 g/mol. The van der Waals surface area contributed by atoms with Gasteiger partial charge < -0.3 is 0 Å². The Balaban J connectivity index is 2.60. The van der Waals surface area contributed by atoms with Crippen LogP contribution in [0, 0.1) is 0 Å². The summed E-state index contributed by atoms with van der Waals surface area (Å²) < 4.78 is 3.28. The summed E-state index contributed by atoms with van der Waals surface area (Å²) in [6.45, 7) is 4.59. The van der Waals surface area contributed by atoms with E-state index in [0.29, 0.717) is 0 Å². The molecule has 0 saturated heterocycles. The maximum absolute atomic E-state index is 2.29.